The molecule has 0 saturated heterocycles. The molecule has 0 atom stereocenters. The molecule has 0 amide bonds. The second kappa shape index (κ2) is 9.87. The van der Waals surface area contributed by atoms with Gasteiger partial charge in [0.1, 0.15) is 12.4 Å². The van der Waals surface area contributed by atoms with E-state index in [4.69, 9.17) is 21.1 Å². The quantitative estimate of drug-likeness (QED) is 0.476. The Morgan fingerprint density at radius 2 is 1.96 bits per heavy atom. The van der Waals surface area contributed by atoms with Crippen molar-refractivity contribution in [3.05, 3.63) is 86.9 Å². The van der Waals surface area contributed by atoms with Crippen LogP contribution in [0.2, 0.25) is 5.02 Å². The molecule has 7 heteroatoms. The summed E-state index contributed by atoms with van der Waals surface area (Å²) in [6.07, 6.45) is 1.77. The number of nitrogens with one attached hydrogen (secondary N) is 1. The van der Waals surface area contributed by atoms with Gasteiger partial charge in [-0.2, -0.15) is 0 Å². The number of hydrogen-bond donors (Lipinski definition) is 1. The molecule has 0 saturated carbocycles. The van der Waals surface area contributed by atoms with Crippen molar-refractivity contribution in [3.8, 4) is 11.5 Å². The first kappa shape index (κ1) is 20.6. The Labute approximate surface area is 176 Å². The molecule has 3 rings (SSSR count). The zero-order valence-corrected chi connectivity index (χ0v) is 17.6. The summed E-state index contributed by atoms with van der Waals surface area (Å²) in [5.41, 5.74) is 2.28. The normalized spacial score (nSPS) is 10.7. The molecule has 0 aliphatic heterocycles. The number of pyridine rings is 1. The predicted molar refractivity (Wildman–Crippen MR) is 111 cm³/mol. The molecular weight excluding hydrogens is 447 g/mol. The van der Waals surface area contributed by atoms with E-state index in [0.29, 0.717) is 35.2 Å². The minimum Gasteiger partial charge on any atom is -0.493 e. The molecule has 28 heavy (non-hydrogen) atoms. The van der Waals surface area contributed by atoms with Crippen molar-refractivity contribution in [2.75, 3.05) is 7.11 Å². The van der Waals surface area contributed by atoms with E-state index in [-0.39, 0.29) is 6.61 Å². The minimum atomic E-state index is -0.402. The van der Waals surface area contributed by atoms with Gasteiger partial charge in [0.15, 0.2) is 11.5 Å². The molecule has 146 valence electrons. The van der Waals surface area contributed by atoms with E-state index in [9.17, 15) is 4.39 Å². The van der Waals surface area contributed by atoms with Crippen LogP contribution in [0.1, 0.15) is 16.8 Å². The smallest absolute Gasteiger partial charge is 0.162 e. The summed E-state index contributed by atoms with van der Waals surface area (Å²) in [5.74, 6) is 0.661. The van der Waals surface area contributed by atoms with Gasteiger partial charge in [0.05, 0.1) is 17.8 Å². The van der Waals surface area contributed by atoms with Crippen molar-refractivity contribution >= 4 is 27.5 Å². The molecule has 0 bridgehead atoms. The van der Waals surface area contributed by atoms with Crippen molar-refractivity contribution in [3.63, 3.8) is 0 Å². The molecule has 4 nitrogen and oxygen atoms in total. The Bertz CT molecular complexity index is 921. The lowest BCUT2D eigenvalue weighted by Crippen LogP contribution is -2.14. The third-order valence-corrected chi connectivity index (χ3v) is 5.21. The van der Waals surface area contributed by atoms with Crippen LogP contribution in [0, 0.1) is 5.82 Å². The second-order valence-corrected chi connectivity index (χ2v) is 7.27. The molecule has 0 unspecified atom stereocenters. The predicted octanol–water partition coefficient (Wildman–Crippen LogP) is 5.51. The second-order valence-electron chi connectivity index (χ2n) is 6.01. The van der Waals surface area contributed by atoms with Crippen LogP contribution in [0.25, 0.3) is 0 Å². The molecule has 1 N–H and O–H groups in total. The van der Waals surface area contributed by atoms with Gasteiger partial charge in [0, 0.05) is 29.3 Å². The van der Waals surface area contributed by atoms with Gasteiger partial charge in [0.2, 0.25) is 0 Å². The van der Waals surface area contributed by atoms with Gasteiger partial charge >= 0.3 is 0 Å². The molecule has 0 fully saturated rings. The van der Waals surface area contributed by atoms with Gasteiger partial charge in [-0.05, 0) is 42.0 Å². The van der Waals surface area contributed by atoms with E-state index in [1.165, 1.54) is 6.07 Å². The number of methoxy groups -OCH3 is 1. The monoisotopic (exact) mass is 464 g/mol. The van der Waals surface area contributed by atoms with Crippen LogP contribution < -0.4 is 14.8 Å². The third kappa shape index (κ3) is 5.22. The molecule has 3 aromatic rings. The largest absolute Gasteiger partial charge is 0.493 e. The van der Waals surface area contributed by atoms with Crippen molar-refractivity contribution in [2.24, 2.45) is 0 Å². The maximum Gasteiger partial charge on any atom is 0.162 e. The summed E-state index contributed by atoms with van der Waals surface area (Å²) < 4.78 is 26.0. The van der Waals surface area contributed by atoms with Gasteiger partial charge < -0.3 is 14.8 Å². The average Bonchev–Trinajstić information content (AvgIpc) is 2.70. The maximum atomic E-state index is 13.9. The lowest BCUT2D eigenvalue weighted by Gasteiger charge is -2.15. The fourth-order valence-corrected chi connectivity index (χ4v) is 3.31. The Hall–Kier alpha value is -2.15. The summed E-state index contributed by atoms with van der Waals surface area (Å²) >= 11 is 9.62. The lowest BCUT2D eigenvalue weighted by molar-refractivity contribution is 0.279. The summed E-state index contributed by atoms with van der Waals surface area (Å²) in [6.45, 7) is 1.28. The zero-order valence-electron chi connectivity index (χ0n) is 15.2. The van der Waals surface area contributed by atoms with Crippen LogP contribution >= 0.6 is 27.5 Å². The van der Waals surface area contributed by atoms with Crippen LogP contribution in [0.15, 0.2) is 59.2 Å². The third-order valence-electron chi connectivity index (χ3n) is 4.11. The fourth-order valence-electron chi connectivity index (χ4n) is 2.63. The van der Waals surface area contributed by atoms with Crippen LogP contribution in [-0.4, -0.2) is 12.1 Å². The van der Waals surface area contributed by atoms with E-state index in [2.05, 4.69) is 26.2 Å². The SMILES string of the molecule is COc1cc(CNCc2ccccn2)c(Br)cc1OCc1c(F)cccc1Cl. The summed E-state index contributed by atoms with van der Waals surface area (Å²) in [6, 6.07) is 14.0. The highest BCUT2D eigenvalue weighted by atomic mass is 79.9. The standard InChI is InChI=1S/C21H19BrClFN2O2/c1-27-20-9-14(11-25-12-15-5-2-3-8-26-15)17(22)10-21(20)28-13-16-18(23)6-4-7-19(16)24/h2-10,25H,11-13H2,1H3. The highest BCUT2D eigenvalue weighted by molar-refractivity contribution is 9.10. The topological polar surface area (TPSA) is 43.4 Å². The zero-order chi connectivity index (χ0) is 19.9. The Morgan fingerprint density at radius 3 is 2.68 bits per heavy atom. The first-order chi connectivity index (χ1) is 13.6. The van der Waals surface area contributed by atoms with Crippen molar-refractivity contribution in [2.45, 2.75) is 19.7 Å². The summed E-state index contributed by atoms with van der Waals surface area (Å²) in [7, 11) is 1.57. The fraction of sp³-hybridized carbons (Fsp3) is 0.190. The number of halogens is 3. The summed E-state index contributed by atoms with van der Waals surface area (Å²) in [4.78, 5) is 4.29. The van der Waals surface area contributed by atoms with Crippen molar-refractivity contribution in [1.29, 1.82) is 0 Å². The average molecular weight is 466 g/mol. The highest BCUT2D eigenvalue weighted by Crippen LogP contribution is 2.34. The number of aromatic nitrogens is 1. The molecule has 0 aliphatic rings. The number of rotatable bonds is 8. The van der Waals surface area contributed by atoms with Crippen LogP contribution in [-0.2, 0) is 19.7 Å². The molecular formula is C21H19BrClFN2O2. The van der Waals surface area contributed by atoms with Crippen LogP contribution in [0.3, 0.4) is 0 Å². The van der Waals surface area contributed by atoms with Gasteiger partial charge in [-0.1, -0.05) is 39.7 Å². The van der Waals surface area contributed by atoms with Gasteiger partial charge in [-0.3, -0.25) is 4.98 Å². The van der Waals surface area contributed by atoms with Crippen LogP contribution in [0.4, 0.5) is 4.39 Å². The first-order valence-corrected chi connectivity index (χ1v) is 9.78. The Balaban J connectivity index is 1.68. The molecule has 1 heterocycles. The van der Waals surface area contributed by atoms with Crippen molar-refractivity contribution in [1.82, 2.24) is 10.3 Å². The van der Waals surface area contributed by atoms with E-state index in [1.807, 2.05) is 30.3 Å². The van der Waals surface area contributed by atoms with Gasteiger partial charge in [-0.25, -0.2) is 4.39 Å². The molecule has 1 aromatic heterocycles. The number of nitrogens with zero attached hydrogens (tertiary/aromatic N) is 1. The number of hydrogen-bond acceptors (Lipinski definition) is 4. The number of ether oxygens (including phenoxy) is 2. The minimum absolute atomic E-state index is 0.00554. The van der Waals surface area contributed by atoms with E-state index in [0.717, 1.165) is 15.7 Å². The maximum absolute atomic E-state index is 13.9. The van der Waals surface area contributed by atoms with E-state index >= 15 is 0 Å². The summed E-state index contributed by atoms with van der Waals surface area (Å²) in [5, 5.41) is 3.67. The Kier molecular flexibility index (Phi) is 7.25. The molecule has 2 aromatic carbocycles. The van der Waals surface area contributed by atoms with Crippen molar-refractivity contribution < 1.29 is 13.9 Å². The molecule has 0 radical (unpaired) electrons. The highest BCUT2D eigenvalue weighted by Gasteiger charge is 2.13. The molecule has 0 aliphatic carbocycles. The molecule has 0 spiro atoms. The van der Waals surface area contributed by atoms with Crippen LogP contribution in [0.5, 0.6) is 11.5 Å². The van der Waals surface area contributed by atoms with Gasteiger partial charge in [-0.15, -0.1) is 0 Å². The Morgan fingerprint density at radius 1 is 1.11 bits per heavy atom. The first-order valence-electron chi connectivity index (χ1n) is 8.61. The lowest BCUT2D eigenvalue weighted by atomic mass is 10.2. The number of benzene rings is 2. The van der Waals surface area contributed by atoms with E-state index in [1.54, 1.807) is 25.4 Å². The van der Waals surface area contributed by atoms with E-state index < -0.39 is 5.82 Å². The van der Waals surface area contributed by atoms with Gasteiger partial charge in [0.25, 0.3) is 0 Å².